The molecule has 0 fully saturated rings. The summed E-state index contributed by atoms with van der Waals surface area (Å²) in [4.78, 5) is 20.0. The van der Waals surface area contributed by atoms with Crippen LogP contribution in [0.2, 0.25) is 0 Å². The lowest BCUT2D eigenvalue weighted by Crippen LogP contribution is -2.14. The molecule has 0 aliphatic heterocycles. The van der Waals surface area contributed by atoms with Crippen LogP contribution in [0.1, 0.15) is 5.56 Å². The van der Waals surface area contributed by atoms with Crippen molar-refractivity contribution in [2.45, 2.75) is 11.8 Å². The van der Waals surface area contributed by atoms with Gasteiger partial charge in [0.25, 0.3) is 0 Å². The van der Waals surface area contributed by atoms with E-state index in [0.29, 0.717) is 11.8 Å². The van der Waals surface area contributed by atoms with Crippen molar-refractivity contribution >= 4 is 34.4 Å². The average molecular weight is 420 g/mol. The molecule has 1 amide bonds. The summed E-state index contributed by atoms with van der Waals surface area (Å²) >= 11 is 1.35. The highest BCUT2D eigenvalue weighted by Gasteiger charge is 2.08. The molecule has 0 unspecified atom stereocenters. The molecule has 0 atom stereocenters. The van der Waals surface area contributed by atoms with E-state index in [9.17, 15) is 4.79 Å². The molecule has 6 nitrogen and oxygen atoms in total. The van der Waals surface area contributed by atoms with E-state index in [1.807, 2.05) is 72.8 Å². The highest BCUT2D eigenvalue weighted by atomic mass is 32.2. The predicted molar refractivity (Wildman–Crippen MR) is 119 cm³/mol. The second-order valence-electron chi connectivity index (χ2n) is 6.56. The van der Waals surface area contributed by atoms with Crippen molar-refractivity contribution in [3.63, 3.8) is 0 Å². The van der Waals surface area contributed by atoms with Crippen LogP contribution >= 0.6 is 11.8 Å². The highest BCUT2D eigenvalue weighted by molar-refractivity contribution is 7.99. The zero-order chi connectivity index (χ0) is 20.8. The van der Waals surface area contributed by atoms with E-state index < -0.39 is 0 Å². The molecule has 152 valence electrons. The topological polar surface area (TPSA) is 76.2 Å². The molecule has 0 bridgehead atoms. The third-order valence-corrected chi connectivity index (χ3v) is 5.27. The maximum absolute atomic E-state index is 12.3. The van der Waals surface area contributed by atoms with Gasteiger partial charge in [-0.05, 0) is 42.0 Å². The molecule has 0 aliphatic carbocycles. The van der Waals surface area contributed by atoms with Crippen molar-refractivity contribution in [3.05, 3.63) is 78.4 Å². The number of ether oxygens (including phenoxy) is 2. The van der Waals surface area contributed by atoms with Gasteiger partial charge in [0.2, 0.25) is 5.91 Å². The Hall–Kier alpha value is -3.45. The van der Waals surface area contributed by atoms with Crippen molar-refractivity contribution in [3.8, 4) is 11.5 Å². The number of aromatic amines is 1. The number of H-pyrrole nitrogens is 1. The molecular weight excluding hydrogens is 398 g/mol. The van der Waals surface area contributed by atoms with Gasteiger partial charge in [0.1, 0.15) is 18.1 Å². The quantitative estimate of drug-likeness (QED) is 0.398. The third-order valence-electron chi connectivity index (χ3n) is 4.39. The second-order valence-corrected chi connectivity index (χ2v) is 7.52. The van der Waals surface area contributed by atoms with Crippen molar-refractivity contribution in [1.82, 2.24) is 9.97 Å². The standard InChI is InChI=1S/C23H21N3O3S/c1-28-19-11-12-20-21(13-19)26-23(25-20)30-15-22(27)24-17-7-9-18(10-8-17)29-14-16-5-3-2-4-6-16/h2-13H,14-15H2,1H3,(H,24,27)(H,25,26). The third kappa shape index (κ3) is 5.12. The lowest BCUT2D eigenvalue weighted by atomic mass is 10.2. The number of nitrogens with one attached hydrogen (secondary N) is 2. The van der Waals surface area contributed by atoms with E-state index >= 15 is 0 Å². The Morgan fingerprint density at radius 1 is 1.03 bits per heavy atom. The predicted octanol–water partition coefficient (Wildman–Crippen LogP) is 4.88. The number of anilines is 1. The molecule has 1 heterocycles. The van der Waals surface area contributed by atoms with E-state index in [0.717, 1.165) is 33.8 Å². The molecule has 0 saturated heterocycles. The van der Waals surface area contributed by atoms with Crippen LogP contribution in [0.4, 0.5) is 5.69 Å². The summed E-state index contributed by atoms with van der Waals surface area (Å²) in [6.45, 7) is 0.507. The van der Waals surface area contributed by atoms with Crippen LogP contribution < -0.4 is 14.8 Å². The summed E-state index contributed by atoms with van der Waals surface area (Å²) in [5, 5.41) is 3.58. The van der Waals surface area contributed by atoms with Crippen LogP contribution in [0.15, 0.2) is 78.0 Å². The Balaban J connectivity index is 1.27. The van der Waals surface area contributed by atoms with Gasteiger partial charge in [-0.25, -0.2) is 4.98 Å². The Bertz CT molecular complexity index is 1130. The fourth-order valence-electron chi connectivity index (χ4n) is 2.87. The molecule has 0 saturated carbocycles. The van der Waals surface area contributed by atoms with Crippen LogP contribution in [-0.4, -0.2) is 28.7 Å². The van der Waals surface area contributed by atoms with Gasteiger partial charge in [0.15, 0.2) is 5.16 Å². The van der Waals surface area contributed by atoms with Gasteiger partial charge in [-0.2, -0.15) is 0 Å². The Labute approximate surface area is 178 Å². The maximum Gasteiger partial charge on any atom is 0.234 e. The zero-order valence-electron chi connectivity index (χ0n) is 16.4. The Kier molecular flexibility index (Phi) is 6.20. The summed E-state index contributed by atoms with van der Waals surface area (Å²) in [5.74, 6) is 1.67. The number of fused-ring (bicyclic) bond motifs is 1. The molecule has 4 aromatic rings. The summed E-state index contributed by atoms with van der Waals surface area (Å²) in [6, 6.07) is 23.0. The van der Waals surface area contributed by atoms with Gasteiger partial charge in [-0.1, -0.05) is 42.1 Å². The molecule has 3 aromatic carbocycles. The van der Waals surface area contributed by atoms with E-state index in [-0.39, 0.29) is 11.7 Å². The number of nitrogens with zero attached hydrogens (tertiary/aromatic N) is 1. The van der Waals surface area contributed by atoms with Crippen molar-refractivity contribution < 1.29 is 14.3 Å². The smallest absolute Gasteiger partial charge is 0.234 e. The van der Waals surface area contributed by atoms with Crippen LogP contribution in [0, 0.1) is 0 Å². The molecule has 0 radical (unpaired) electrons. The summed E-state index contributed by atoms with van der Waals surface area (Å²) in [6.07, 6.45) is 0. The van der Waals surface area contributed by atoms with Crippen molar-refractivity contribution in [2.24, 2.45) is 0 Å². The number of methoxy groups -OCH3 is 1. The molecular formula is C23H21N3O3S. The molecule has 30 heavy (non-hydrogen) atoms. The number of carbonyl (C=O) groups is 1. The second kappa shape index (κ2) is 9.37. The van der Waals surface area contributed by atoms with Crippen LogP contribution in [0.5, 0.6) is 11.5 Å². The number of carbonyl (C=O) groups excluding carboxylic acids is 1. The summed E-state index contributed by atoms with van der Waals surface area (Å²) in [7, 11) is 1.62. The van der Waals surface area contributed by atoms with Gasteiger partial charge >= 0.3 is 0 Å². The van der Waals surface area contributed by atoms with Gasteiger partial charge in [-0.3, -0.25) is 4.79 Å². The molecule has 1 aromatic heterocycles. The minimum Gasteiger partial charge on any atom is -0.497 e. The van der Waals surface area contributed by atoms with Gasteiger partial charge in [-0.15, -0.1) is 0 Å². The SMILES string of the molecule is COc1ccc2nc(SCC(=O)Nc3ccc(OCc4ccccc4)cc3)[nH]c2c1. The molecule has 4 rings (SSSR count). The Morgan fingerprint density at radius 2 is 1.80 bits per heavy atom. The zero-order valence-corrected chi connectivity index (χ0v) is 17.2. The molecule has 7 heteroatoms. The van der Waals surface area contributed by atoms with Gasteiger partial charge in [0, 0.05) is 11.8 Å². The lowest BCUT2D eigenvalue weighted by molar-refractivity contribution is -0.113. The molecule has 0 aliphatic rings. The fourth-order valence-corrected chi connectivity index (χ4v) is 3.55. The summed E-state index contributed by atoms with van der Waals surface area (Å²) < 4.78 is 11.0. The number of amides is 1. The van der Waals surface area contributed by atoms with Gasteiger partial charge in [0.05, 0.1) is 23.9 Å². The lowest BCUT2D eigenvalue weighted by Gasteiger charge is -2.08. The van der Waals surface area contributed by atoms with E-state index in [4.69, 9.17) is 9.47 Å². The van der Waals surface area contributed by atoms with E-state index in [2.05, 4.69) is 15.3 Å². The van der Waals surface area contributed by atoms with Crippen molar-refractivity contribution in [1.29, 1.82) is 0 Å². The normalized spacial score (nSPS) is 10.7. The van der Waals surface area contributed by atoms with E-state index in [1.54, 1.807) is 7.11 Å². The average Bonchev–Trinajstić information content (AvgIpc) is 3.20. The van der Waals surface area contributed by atoms with E-state index in [1.165, 1.54) is 11.8 Å². The first kappa shape index (κ1) is 19.8. The number of thioether (sulfide) groups is 1. The number of hydrogen-bond donors (Lipinski definition) is 2. The number of rotatable bonds is 8. The van der Waals surface area contributed by atoms with Gasteiger partial charge < -0.3 is 19.8 Å². The molecule has 0 spiro atoms. The van der Waals surface area contributed by atoms with Crippen LogP contribution in [0.25, 0.3) is 11.0 Å². The van der Waals surface area contributed by atoms with Crippen molar-refractivity contribution in [2.75, 3.05) is 18.2 Å². The monoisotopic (exact) mass is 419 g/mol. The minimum atomic E-state index is -0.101. The molecule has 2 N–H and O–H groups in total. The summed E-state index contributed by atoms with van der Waals surface area (Å²) in [5.41, 5.74) is 3.55. The largest absolute Gasteiger partial charge is 0.497 e. The first-order valence-corrected chi connectivity index (χ1v) is 10.4. The first-order chi connectivity index (χ1) is 14.7. The Morgan fingerprint density at radius 3 is 2.57 bits per heavy atom. The fraction of sp³-hybridized carbons (Fsp3) is 0.130. The number of aromatic nitrogens is 2. The maximum atomic E-state index is 12.3. The highest BCUT2D eigenvalue weighted by Crippen LogP contribution is 2.23. The number of benzene rings is 3. The number of hydrogen-bond acceptors (Lipinski definition) is 5. The minimum absolute atomic E-state index is 0.101. The van der Waals surface area contributed by atoms with Crippen LogP contribution in [-0.2, 0) is 11.4 Å². The number of imidazole rings is 1. The van der Waals surface area contributed by atoms with Crippen LogP contribution in [0.3, 0.4) is 0 Å². The first-order valence-electron chi connectivity index (χ1n) is 9.43.